The molecule has 2 amide bonds. The van der Waals surface area contributed by atoms with Gasteiger partial charge in [0.15, 0.2) is 0 Å². The highest BCUT2D eigenvalue weighted by Gasteiger charge is 2.35. The standard InChI is InChI=1S/C22H40N2O5/c1-4-5-6-11-14-22(2,28)15-16-24-18(21(27)23-17-19(24)25)12-9-7-8-10-13-20(26)29-3/h18,28H,4-17H2,1-3H3,(H,23,27). The first kappa shape index (κ1) is 25.4. The van der Waals surface area contributed by atoms with Crippen LogP contribution in [0.2, 0.25) is 0 Å². The highest BCUT2D eigenvalue weighted by Crippen LogP contribution is 2.22. The first-order chi connectivity index (χ1) is 13.8. The van der Waals surface area contributed by atoms with Crippen molar-refractivity contribution in [3.05, 3.63) is 0 Å². The molecule has 1 aliphatic heterocycles. The van der Waals surface area contributed by atoms with Crippen molar-refractivity contribution in [3.63, 3.8) is 0 Å². The van der Waals surface area contributed by atoms with Gasteiger partial charge in [0, 0.05) is 13.0 Å². The van der Waals surface area contributed by atoms with Gasteiger partial charge in [-0.15, -0.1) is 0 Å². The summed E-state index contributed by atoms with van der Waals surface area (Å²) < 4.78 is 4.63. The lowest BCUT2D eigenvalue weighted by Gasteiger charge is -2.37. The number of amides is 2. The lowest BCUT2D eigenvalue weighted by Crippen LogP contribution is -2.59. The second kappa shape index (κ2) is 13.6. The van der Waals surface area contributed by atoms with Crippen LogP contribution in [0.15, 0.2) is 0 Å². The molecule has 1 heterocycles. The number of methoxy groups -OCH3 is 1. The molecule has 0 aromatic carbocycles. The fourth-order valence-electron chi connectivity index (χ4n) is 3.75. The fourth-order valence-corrected chi connectivity index (χ4v) is 3.75. The molecule has 1 aliphatic rings. The smallest absolute Gasteiger partial charge is 0.305 e. The number of carbonyl (C=O) groups excluding carboxylic acids is 3. The average Bonchev–Trinajstić information content (AvgIpc) is 2.69. The van der Waals surface area contributed by atoms with Gasteiger partial charge in [0.25, 0.3) is 0 Å². The Morgan fingerprint density at radius 2 is 1.83 bits per heavy atom. The molecule has 1 rings (SSSR count). The number of aliphatic hydroxyl groups is 1. The van der Waals surface area contributed by atoms with E-state index in [2.05, 4.69) is 17.0 Å². The topological polar surface area (TPSA) is 95.9 Å². The van der Waals surface area contributed by atoms with Crippen LogP contribution < -0.4 is 5.32 Å². The van der Waals surface area contributed by atoms with Crippen molar-refractivity contribution in [2.24, 2.45) is 0 Å². The third-order valence-corrected chi connectivity index (χ3v) is 5.71. The summed E-state index contributed by atoms with van der Waals surface area (Å²) in [6.07, 6.45) is 10.0. The number of hydrogen-bond donors (Lipinski definition) is 2. The van der Waals surface area contributed by atoms with Crippen LogP contribution in [0.3, 0.4) is 0 Å². The molecule has 0 aromatic rings. The average molecular weight is 413 g/mol. The Morgan fingerprint density at radius 1 is 1.14 bits per heavy atom. The van der Waals surface area contributed by atoms with Crippen molar-refractivity contribution in [2.75, 3.05) is 20.2 Å². The second-order valence-electron chi connectivity index (χ2n) is 8.41. The molecule has 2 unspecified atom stereocenters. The van der Waals surface area contributed by atoms with E-state index in [1.807, 2.05) is 6.92 Å². The SMILES string of the molecule is CCCCCCC(C)(O)CCN1C(=O)CNC(=O)C1CCCCCCC(=O)OC. The van der Waals surface area contributed by atoms with E-state index < -0.39 is 11.6 Å². The quantitative estimate of drug-likeness (QED) is 0.318. The van der Waals surface area contributed by atoms with E-state index in [0.717, 1.165) is 44.9 Å². The van der Waals surface area contributed by atoms with Crippen molar-refractivity contribution in [2.45, 2.75) is 103 Å². The Bertz CT molecular complexity index is 521. The molecule has 0 radical (unpaired) electrons. The lowest BCUT2D eigenvalue weighted by atomic mass is 9.93. The minimum atomic E-state index is -0.819. The molecule has 29 heavy (non-hydrogen) atoms. The molecular weight excluding hydrogens is 372 g/mol. The monoisotopic (exact) mass is 412 g/mol. The normalized spacial score (nSPS) is 19.0. The largest absolute Gasteiger partial charge is 0.469 e. The van der Waals surface area contributed by atoms with E-state index in [4.69, 9.17) is 0 Å². The predicted molar refractivity (Wildman–Crippen MR) is 112 cm³/mol. The molecule has 0 spiro atoms. The molecule has 0 aromatic heterocycles. The Balaban J connectivity index is 2.44. The third-order valence-electron chi connectivity index (χ3n) is 5.71. The lowest BCUT2D eigenvalue weighted by molar-refractivity contribution is -0.146. The van der Waals surface area contributed by atoms with Crippen LogP contribution in [0, 0.1) is 0 Å². The number of hydrogen-bond acceptors (Lipinski definition) is 5. The molecule has 7 heteroatoms. The van der Waals surface area contributed by atoms with Crippen LogP contribution in [0.1, 0.15) is 90.9 Å². The van der Waals surface area contributed by atoms with E-state index in [-0.39, 0.29) is 24.3 Å². The maximum atomic E-state index is 12.4. The number of ether oxygens (including phenoxy) is 1. The van der Waals surface area contributed by atoms with Crippen LogP contribution >= 0.6 is 0 Å². The van der Waals surface area contributed by atoms with E-state index in [9.17, 15) is 19.5 Å². The molecule has 1 fully saturated rings. The summed E-state index contributed by atoms with van der Waals surface area (Å²) in [5, 5.41) is 13.3. The first-order valence-electron chi connectivity index (χ1n) is 11.2. The summed E-state index contributed by atoms with van der Waals surface area (Å²) in [5.41, 5.74) is -0.819. The minimum Gasteiger partial charge on any atom is -0.469 e. The predicted octanol–water partition coefficient (Wildman–Crippen LogP) is 2.94. The molecule has 2 N–H and O–H groups in total. The van der Waals surface area contributed by atoms with Crippen LogP contribution in [-0.4, -0.2) is 59.6 Å². The number of esters is 1. The minimum absolute atomic E-state index is 0.0348. The summed E-state index contributed by atoms with van der Waals surface area (Å²) in [6.45, 7) is 4.42. The molecule has 0 saturated carbocycles. The molecule has 168 valence electrons. The Labute approximate surface area is 175 Å². The first-order valence-corrected chi connectivity index (χ1v) is 11.2. The number of nitrogens with zero attached hydrogens (tertiary/aromatic N) is 1. The van der Waals surface area contributed by atoms with Gasteiger partial charge >= 0.3 is 5.97 Å². The van der Waals surface area contributed by atoms with Crippen molar-refractivity contribution >= 4 is 17.8 Å². The number of piperazine rings is 1. The number of carbonyl (C=O) groups is 3. The van der Waals surface area contributed by atoms with E-state index in [1.165, 1.54) is 13.5 Å². The van der Waals surface area contributed by atoms with Gasteiger partial charge < -0.3 is 20.1 Å². The van der Waals surface area contributed by atoms with Crippen LogP contribution in [-0.2, 0) is 19.1 Å². The highest BCUT2D eigenvalue weighted by atomic mass is 16.5. The van der Waals surface area contributed by atoms with Gasteiger partial charge in [0.1, 0.15) is 6.04 Å². The number of unbranched alkanes of at least 4 members (excludes halogenated alkanes) is 6. The summed E-state index contributed by atoms with van der Waals surface area (Å²) in [5.74, 6) is -0.390. The molecule has 0 aliphatic carbocycles. The van der Waals surface area contributed by atoms with Gasteiger partial charge in [0.05, 0.1) is 19.3 Å². The summed E-state index contributed by atoms with van der Waals surface area (Å²) in [6, 6.07) is -0.465. The Hall–Kier alpha value is -1.63. The second-order valence-corrected chi connectivity index (χ2v) is 8.41. The van der Waals surface area contributed by atoms with E-state index >= 15 is 0 Å². The van der Waals surface area contributed by atoms with Crippen LogP contribution in [0.4, 0.5) is 0 Å². The molecule has 1 saturated heterocycles. The zero-order valence-electron chi connectivity index (χ0n) is 18.5. The van der Waals surface area contributed by atoms with Crippen molar-refractivity contribution < 1.29 is 24.2 Å². The molecular formula is C22H40N2O5. The van der Waals surface area contributed by atoms with Gasteiger partial charge in [-0.05, 0) is 32.6 Å². The van der Waals surface area contributed by atoms with E-state index in [0.29, 0.717) is 32.2 Å². The maximum absolute atomic E-state index is 12.4. The number of rotatable bonds is 15. The van der Waals surface area contributed by atoms with E-state index in [1.54, 1.807) is 4.90 Å². The molecule has 2 atom stereocenters. The number of nitrogens with one attached hydrogen (secondary N) is 1. The highest BCUT2D eigenvalue weighted by molar-refractivity contribution is 5.94. The van der Waals surface area contributed by atoms with Gasteiger partial charge in [0.2, 0.25) is 11.8 Å². The zero-order chi connectivity index (χ0) is 21.7. The summed E-state index contributed by atoms with van der Waals surface area (Å²) >= 11 is 0. The van der Waals surface area contributed by atoms with Gasteiger partial charge in [-0.1, -0.05) is 51.9 Å². The zero-order valence-corrected chi connectivity index (χ0v) is 18.5. The van der Waals surface area contributed by atoms with Gasteiger partial charge in [-0.25, -0.2) is 0 Å². The molecule has 7 nitrogen and oxygen atoms in total. The fraction of sp³-hybridized carbons (Fsp3) is 0.864. The summed E-state index contributed by atoms with van der Waals surface area (Å²) in [7, 11) is 1.39. The molecule has 0 bridgehead atoms. The van der Waals surface area contributed by atoms with Crippen molar-refractivity contribution in [3.8, 4) is 0 Å². The summed E-state index contributed by atoms with van der Waals surface area (Å²) in [4.78, 5) is 37.5. The van der Waals surface area contributed by atoms with Crippen molar-refractivity contribution in [1.82, 2.24) is 10.2 Å². The third kappa shape index (κ3) is 10.1. The van der Waals surface area contributed by atoms with Gasteiger partial charge in [-0.2, -0.15) is 0 Å². The van der Waals surface area contributed by atoms with Crippen LogP contribution in [0.5, 0.6) is 0 Å². The van der Waals surface area contributed by atoms with Crippen molar-refractivity contribution in [1.29, 1.82) is 0 Å². The Morgan fingerprint density at radius 3 is 2.52 bits per heavy atom. The van der Waals surface area contributed by atoms with Gasteiger partial charge in [-0.3, -0.25) is 14.4 Å². The maximum Gasteiger partial charge on any atom is 0.305 e. The van der Waals surface area contributed by atoms with Crippen LogP contribution in [0.25, 0.3) is 0 Å². The Kier molecular flexibility index (Phi) is 11.9.